The van der Waals surface area contributed by atoms with Gasteiger partial charge in [-0.25, -0.2) is 0 Å². The molecule has 19 heavy (non-hydrogen) atoms. The second-order valence-corrected chi connectivity index (χ2v) is 5.55. The van der Waals surface area contributed by atoms with Gasteiger partial charge in [0.25, 0.3) is 0 Å². The summed E-state index contributed by atoms with van der Waals surface area (Å²) in [7, 11) is 0. The van der Waals surface area contributed by atoms with E-state index in [0.717, 1.165) is 0 Å². The topological polar surface area (TPSA) is 49.5 Å². The van der Waals surface area contributed by atoms with E-state index >= 15 is 0 Å². The molecule has 1 saturated carbocycles. The lowest BCUT2D eigenvalue weighted by molar-refractivity contribution is 0.290. The first-order chi connectivity index (χ1) is 9.26. The monoisotopic (exact) mass is 262 g/mol. The van der Waals surface area contributed by atoms with Crippen molar-refractivity contribution in [2.24, 2.45) is 5.73 Å². The van der Waals surface area contributed by atoms with Crippen LogP contribution >= 0.6 is 0 Å². The summed E-state index contributed by atoms with van der Waals surface area (Å²) in [5, 5.41) is 9.37. The van der Waals surface area contributed by atoms with Crippen molar-refractivity contribution >= 4 is 5.69 Å². The van der Waals surface area contributed by atoms with Gasteiger partial charge >= 0.3 is 0 Å². The highest BCUT2D eigenvalue weighted by molar-refractivity contribution is 5.56. The van der Waals surface area contributed by atoms with Gasteiger partial charge in [-0.1, -0.05) is 37.0 Å². The summed E-state index contributed by atoms with van der Waals surface area (Å²) in [6.45, 7) is 3.57. The third kappa shape index (κ3) is 3.48. The molecular formula is C16H26N2O. The molecule has 1 aromatic carbocycles. The Balaban J connectivity index is 2.26. The summed E-state index contributed by atoms with van der Waals surface area (Å²) in [5.41, 5.74) is 9.55. The molecule has 3 nitrogen and oxygen atoms in total. The molecule has 0 amide bonds. The lowest BCUT2D eigenvalue weighted by Gasteiger charge is -2.37. The van der Waals surface area contributed by atoms with Crippen molar-refractivity contribution < 1.29 is 5.11 Å². The van der Waals surface area contributed by atoms with Crippen LogP contribution in [0.3, 0.4) is 0 Å². The molecule has 106 valence electrons. The van der Waals surface area contributed by atoms with E-state index in [1.807, 2.05) is 0 Å². The molecule has 1 aromatic rings. The number of nitrogens with two attached hydrogens (primary N) is 1. The molecule has 0 bridgehead atoms. The molecule has 0 spiro atoms. The van der Waals surface area contributed by atoms with Gasteiger partial charge in [-0.3, -0.25) is 0 Å². The number of anilines is 1. The molecule has 0 radical (unpaired) electrons. The van der Waals surface area contributed by atoms with Crippen LogP contribution in [-0.2, 0) is 6.54 Å². The van der Waals surface area contributed by atoms with Gasteiger partial charge in [-0.2, -0.15) is 0 Å². The fraction of sp³-hybridized carbons (Fsp3) is 0.625. The molecule has 0 unspecified atom stereocenters. The Hall–Kier alpha value is -1.06. The van der Waals surface area contributed by atoms with Crippen molar-refractivity contribution in [2.45, 2.75) is 51.6 Å². The Morgan fingerprint density at radius 2 is 2.00 bits per heavy atom. The van der Waals surface area contributed by atoms with E-state index in [9.17, 15) is 5.11 Å². The number of rotatable bonds is 5. The summed E-state index contributed by atoms with van der Waals surface area (Å²) < 4.78 is 0. The molecule has 1 aliphatic carbocycles. The first kappa shape index (κ1) is 14.4. The van der Waals surface area contributed by atoms with Gasteiger partial charge in [0.2, 0.25) is 0 Å². The van der Waals surface area contributed by atoms with Crippen LogP contribution in [0.4, 0.5) is 5.69 Å². The first-order valence-corrected chi connectivity index (χ1v) is 7.43. The quantitative estimate of drug-likeness (QED) is 0.857. The number of nitrogens with zero attached hydrogens (tertiary/aromatic N) is 1. The second kappa shape index (κ2) is 6.92. The third-order valence-corrected chi connectivity index (χ3v) is 4.12. The van der Waals surface area contributed by atoms with Gasteiger partial charge in [-0.15, -0.1) is 0 Å². The van der Waals surface area contributed by atoms with Crippen LogP contribution < -0.4 is 10.6 Å². The number of aliphatic hydroxyl groups excluding tert-OH is 1. The minimum absolute atomic E-state index is 0.203. The number of hydrogen-bond donors (Lipinski definition) is 2. The number of benzene rings is 1. The van der Waals surface area contributed by atoms with Crippen LogP contribution in [-0.4, -0.2) is 24.3 Å². The maximum Gasteiger partial charge on any atom is 0.0606 e. The minimum atomic E-state index is 0.203. The summed E-state index contributed by atoms with van der Waals surface area (Å²) >= 11 is 0. The Kier molecular flexibility index (Phi) is 5.23. The fourth-order valence-electron chi connectivity index (χ4n) is 3.16. The van der Waals surface area contributed by atoms with Crippen LogP contribution in [0, 0.1) is 6.92 Å². The zero-order valence-electron chi connectivity index (χ0n) is 11.9. The highest BCUT2D eigenvalue weighted by Crippen LogP contribution is 2.30. The van der Waals surface area contributed by atoms with E-state index in [0.29, 0.717) is 19.1 Å². The molecule has 1 fully saturated rings. The average Bonchev–Trinajstić information content (AvgIpc) is 2.46. The largest absolute Gasteiger partial charge is 0.395 e. The normalized spacial score (nSPS) is 16.6. The smallest absolute Gasteiger partial charge is 0.0606 e. The fourth-order valence-corrected chi connectivity index (χ4v) is 3.16. The van der Waals surface area contributed by atoms with E-state index in [1.54, 1.807) is 0 Å². The van der Waals surface area contributed by atoms with Crippen molar-refractivity contribution in [2.75, 3.05) is 18.1 Å². The number of aliphatic hydroxyl groups is 1. The van der Waals surface area contributed by atoms with Gasteiger partial charge in [0, 0.05) is 24.8 Å². The van der Waals surface area contributed by atoms with Crippen LogP contribution in [0.25, 0.3) is 0 Å². The van der Waals surface area contributed by atoms with Crippen LogP contribution in [0.15, 0.2) is 18.2 Å². The molecule has 3 heteroatoms. The molecule has 3 N–H and O–H groups in total. The standard InChI is InChI=1S/C16H26N2O/c1-13-7-8-16(14(11-13)12-17)18(9-10-19)15-5-3-2-4-6-15/h7-8,11,15,19H,2-6,9-10,12,17H2,1H3. The second-order valence-electron chi connectivity index (χ2n) is 5.55. The molecule has 0 aromatic heterocycles. The van der Waals surface area contributed by atoms with E-state index in [2.05, 4.69) is 30.0 Å². The van der Waals surface area contributed by atoms with Crippen LogP contribution in [0.5, 0.6) is 0 Å². The predicted molar refractivity (Wildman–Crippen MR) is 80.4 cm³/mol. The van der Waals surface area contributed by atoms with Gasteiger partial charge in [0.15, 0.2) is 0 Å². The summed E-state index contributed by atoms with van der Waals surface area (Å²) in [6.07, 6.45) is 6.42. The molecular weight excluding hydrogens is 236 g/mol. The van der Waals surface area contributed by atoms with E-state index in [-0.39, 0.29) is 6.61 Å². The predicted octanol–water partition coefficient (Wildman–Crippen LogP) is 2.59. The maximum atomic E-state index is 9.37. The molecule has 2 rings (SSSR count). The van der Waals surface area contributed by atoms with Crippen molar-refractivity contribution in [3.8, 4) is 0 Å². The first-order valence-electron chi connectivity index (χ1n) is 7.43. The molecule has 0 atom stereocenters. The van der Waals surface area contributed by atoms with Crippen molar-refractivity contribution in [3.63, 3.8) is 0 Å². The van der Waals surface area contributed by atoms with E-state index in [1.165, 1.54) is 48.9 Å². The lowest BCUT2D eigenvalue weighted by atomic mass is 9.93. The molecule has 0 heterocycles. The summed E-state index contributed by atoms with van der Waals surface area (Å²) in [5.74, 6) is 0. The molecule has 0 aliphatic heterocycles. The van der Waals surface area contributed by atoms with Crippen LogP contribution in [0.1, 0.15) is 43.2 Å². The maximum absolute atomic E-state index is 9.37. The average molecular weight is 262 g/mol. The van der Waals surface area contributed by atoms with E-state index < -0.39 is 0 Å². The minimum Gasteiger partial charge on any atom is -0.395 e. The number of aryl methyl sites for hydroxylation is 1. The van der Waals surface area contributed by atoms with Gasteiger partial charge in [0.1, 0.15) is 0 Å². The molecule has 0 saturated heterocycles. The number of hydrogen-bond acceptors (Lipinski definition) is 3. The SMILES string of the molecule is Cc1ccc(N(CCO)C2CCCCC2)c(CN)c1. The van der Waals surface area contributed by atoms with Crippen molar-refractivity contribution in [1.82, 2.24) is 0 Å². The molecule has 1 aliphatic rings. The highest BCUT2D eigenvalue weighted by atomic mass is 16.3. The Morgan fingerprint density at radius 1 is 1.26 bits per heavy atom. The van der Waals surface area contributed by atoms with Gasteiger partial charge in [0.05, 0.1) is 6.61 Å². The zero-order valence-corrected chi connectivity index (χ0v) is 11.9. The Bertz CT molecular complexity index is 400. The van der Waals surface area contributed by atoms with E-state index in [4.69, 9.17) is 5.73 Å². The zero-order chi connectivity index (χ0) is 13.7. The third-order valence-electron chi connectivity index (χ3n) is 4.12. The summed E-state index contributed by atoms with van der Waals surface area (Å²) in [6, 6.07) is 7.04. The van der Waals surface area contributed by atoms with Gasteiger partial charge in [-0.05, 0) is 31.4 Å². The summed E-state index contributed by atoms with van der Waals surface area (Å²) in [4.78, 5) is 2.38. The lowest BCUT2D eigenvalue weighted by Crippen LogP contribution is -2.39. The Labute approximate surface area is 116 Å². The Morgan fingerprint density at radius 3 is 2.63 bits per heavy atom. The van der Waals surface area contributed by atoms with Crippen molar-refractivity contribution in [1.29, 1.82) is 0 Å². The van der Waals surface area contributed by atoms with Crippen molar-refractivity contribution in [3.05, 3.63) is 29.3 Å². The van der Waals surface area contributed by atoms with Gasteiger partial charge < -0.3 is 15.7 Å². The van der Waals surface area contributed by atoms with Crippen LogP contribution in [0.2, 0.25) is 0 Å². The highest BCUT2D eigenvalue weighted by Gasteiger charge is 2.22.